The molecule has 4 heteroatoms. The molecule has 0 N–H and O–H groups in total. The number of nitrogens with zero attached hydrogens (tertiary/aromatic N) is 1. The number of rotatable bonds is 3. The quantitative estimate of drug-likeness (QED) is 0.517. The van der Waals surface area contributed by atoms with Crippen molar-refractivity contribution in [2.75, 3.05) is 0 Å². The van der Waals surface area contributed by atoms with Crippen molar-refractivity contribution in [3.63, 3.8) is 0 Å². The number of para-hydroxylation sites is 1. The van der Waals surface area contributed by atoms with Gasteiger partial charge in [-0.2, -0.15) is 0 Å². The van der Waals surface area contributed by atoms with Crippen LogP contribution in [0, 0.1) is 13.8 Å². The minimum atomic E-state index is -0.307. The first-order valence-electron chi connectivity index (χ1n) is 8.13. The molecule has 0 amide bonds. The van der Waals surface area contributed by atoms with Crippen molar-refractivity contribution in [2.24, 2.45) is 0 Å². The van der Waals surface area contributed by atoms with Crippen LogP contribution in [0.1, 0.15) is 16.8 Å². The summed E-state index contributed by atoms with van der Waals surface area (Å²) in [5.41, 5.74) is 3.60. The van der Waals surface area contributed by atoms with Gasteiger partial charge in [0.15, 0.2) is 0 Å². The van der Waals surface area contributed by atoms with Crippen molar-refractivity contribution in [2.45, 2.75) is 20.5 Å². The fourth-order valence-electron chi connectivity index (χ4n) is 2.86. The van der Waals surface area contributed by atoms with Gasteiger partial charge in [-0.15, -0.1) is 0 Å². The lowest BCUT2D eigenvalue weighted by Crippen LogP contribution is -2.05. The summed E-state index contributed by atoms with van der Waals surface area (Å²) < 4.78 is 11.2. The van der Waals surface area contributed by atoms with Gasteiger partial charge in [-0.1, -0.05) is 24.3 Å². The molecule has 0 fully saturated rings. The van der Waals surface area contributed by atoms with Crippen molar-refractivity contribution in [1.82, 2.24) is 4.98 Å². The third kappa shape index (κ3) is 2.87. The Morgan fingerprint density at radius 2 is 1.84 bits per heavy atom. The highest BCUT2D eigenvalue weighted by Gasteiger charge is 2.08. The molecule has 2 aromatic heterocycles. The normalized spacial score (nSPS) is 11.1. The second kappa shape index (κ2) is 6.06. The maximum absolute atomic E-state index is 11.9. The van der Waals surface area contributed by atoms with E-state index in [0.29, 0.717) is 23.5 Å². The number of hydrogen-bond acceptors (Lipinski definition) is 4. The number of ether oxygens (including phenoxy) is 1. The average molecular weight is 331 g/mol. The molecule has 0 saturated heterocycles. The van der Waals surface area contributed by atoms with Gasteiger partial charge in [0.2, 0.25) is 0 Å². The van der Waals surface area contributed by atoms with Crippen LogP contribution in [0.15, 0.2) is 63.8 Å². The third-order valence-corrected chi connectivity index (χ3v) is 4.47. The number of aryl methyl sites for hydroxylation is 1. The Hall–Kier alpha value is -3.14. The predicted octanol–water partition coefficient (Wildman–Crippen LogP) is 4.54. The Balaban J connectivity index is 1.61. The van der Waals surface area contributed by atoms with Crippen molar-refractivity contribution in [1.29, 1.82) is 0 Å². The Kier molecular flexibility index (Phi) is 3.73. The maximum atomic E-state index is 11.9. The SMILES string of the molecule is Cc1c(C)c2ccc(OCc3ccc4ccccc4n3)cc2oc1=O. The highest BCUT2D eigenvalue weighted by atomic mass is 16.5. The highest BCUT2D eigenvalue weighted by molar-refractivity contribution is 5.82. The molecule has 0 bridgehead atoms. The summed E-state index contributed by atoms with van der Waals surface area (Å²) in [5, 5.41) is 2.03. The van der Waals surface area contributed by atoms with Gasteiger partial charge < -0.3 is 9.15 Å². The van der Waals surface area contributed by atoms with E-state index in [1.165, 1.54) is 0 Å². The Labute approximate surface area is 144 Å². The van der Waals surface area contributed by atoms with Crippen LogP contribution in [0.25, 0.3) is 21.9 Å². The van der Waals surface area contributed by atoms with E-state index in [0.717, 1.165) is 27.5 Å². The number of hydrogen-bond donors (Lipinski definition) is 0. The largest absolute Gasteiger partial charge is 0.487 e. The first-order valence-corrected chi connectivity index (χ1v) is 8.13. The van der Waals surface area contributed by atoms with Crippen LogP contribution in [0.5, 0.6) is 5.75 Å². The number of pyridine rings is 1. The molecule has 0 spiro atoms. The Morgan fingerprint density at radius 1 is 1.00 bits per heavy atom. The zero-order chi connectivity index (χ0) is 17.4. The van der Waals surface area contributed by atoms with E-state index in [-0.39, 0.29) is 5.63 Å². The van der Waals surface area contributed by atoms with Crippen LogP contribution >= 0.6 is 0 Å². The predicted molar refractivity (Wildman–Crippen MR) is 98.0 cm³/mol. The van der Waals surface area contributed by atoms with Gasteiger partial charge in [-0.25, -0.2) is 9.78 Å². The van der Waals surface area contributed by atoms with E-state index >= 15 is 0 Å². The molecule has 124 valence electrons. The van der Waals surface area contributed by atoms with Crippen molar-refractivity contribution in [3.8, 4) is 5.75 Å². The molecule has 2 aromatic carbocycles. The lowest BCUT2D eigenvalue weighted by molar-refractivity contribution is 0.301. The molecular weight excluding hydrogens is 314 g/mol. The summed E-state index contributed by atoms with van der Waals surface area (Å²) in [6.45, 7) is 4.05. The van der Waals surface area contributed by atoms with Gasteiger partial charge in [0.1, 0.15) is 17.9 Å². The van der Waals surface area contributed by atoms with Gasteiger partial charge in [-0.3, -0.25) is 0 Å². The van der Waals surface area contributed by atoms with Gasteiger partial charge in [-0.05, 0) is 43.7 Å². The van der Waals surface area contributed by atoms with E-state index in [1.807, 2.05) is 55.5 Å². The van der Waals surface area contributed by atoms with Crippen molar-refractivity contribution >= 4 is 21.9 Å². The number of fused-ring (bicyclic) bond motifs is 2. The summed E-state index contributed by atoms with van der Waals surface area (Å²) in [7, 11) is 0. The fourth-order valence-corrected chi connectivity index (χ4v) is 2.86. The molecule has 0 aliphatic heterocycles. The molecule has 4 nitrogen and oxygen atoms in total. The van der Waals surface area contributed by atoms with Gasteiger partial charge in [0.05, 0.1) is 11.2 Å². The van der Waals surface area contributed by atoms with E-state index in [1.54, 1.807) is 13.0 Å². The molecule has 4 rings (SSSR count). The van der Waals surface area contributed by atoms with Gasteiger partial charge in [0, 0.05) is 22.4 Å². The van der Waals surface area contributed by atoms with E-state index in [9.17, 15) is 4.79 Å². The topological polar surface area (TPSA) is 52.3 Å². The lowest BCUT2D eigenvalue weighted by Gasteiger charge is -2.09. The van der Waals surface area contributed by atoms with Crippen molar-refractivity contribution in [3.05, 3.63) is 81.8 Å². The fraction of sp³-hybridized carbons (Fsp3) is 0.143. The minimum Gasteiger partial charge on any atom is -0.487 e. The first-order chi connectivity index (χ1) is 12.1. The second-order valence-corrected chi connectivity index (χ2v) is 6.08. The van der Waals surface area contributed by atoms with Gasteiger partial charge in [0.25, 0.3) is 0 Å². The zero-order valence-electron chi connectivity index (χ0n) is 14.1. The summed E-state index contributed by atoms with van der Waals surface area (Å²) >= 11 is 0. The molecule has 0 saturated carbocycles. The van der Waals surface area contributed by atoms with Crippen LogP contribution < -0.4 is 10.4 Å². The van der Waals surface area contributed by atoms with Crippen LogP contribution in [0.4, 0.5) is 0 Å². The lowest BCUT2D eigenvalue weighted by atomic mass is 10.1. The zero-order valence-corrected chi connectivity index (χ0v) is 14.1. The maximum Gasteiger partial charge on any atom is 0.339 e. The monoisotopic (exact) mass is 331 g/mol. The summed E-state index contributed by atoms with van der Waals surface area (Å²) in [5.74, 6) is 0.647. The molecule has 0 atom stereocenters. The molecule has 0 aliphatic carbocycles. The molecule has 0 radical (unpaired) electrons. The summed E-state index contributed by atoms with van der Waals surface area (Å²) in [4.78, 5) is 16.4. The standard InChI is InChI=1S/C21H17NO3/c1-13-14(2)21(23)25-20-11-17(9-10-18(13)20)24-12-16-8-7-15-5-3-4-6-19(15)22-16/h3-11H,12H2,1-2H3. The van der Waals surface area contributed by atoms with Crippen LogP contribution in [-0.2, 0) is 6.61 Å². The smallest absolute Gasteiger partial charge is 0.339 e. The highest BCUT2D eigenvalue weighted by Crippen LogP contribution is 2.24. The Bertz CT molecular complexity index is 1140. The van der Waals surface area contributed by atoms with Crippen LogP contribution in [0.2, 0.25) is 0 Å². The first kappa shape index (κ1) is 15.4. The van der Waals surface area contributed by atoms with Crippen LogP contribution in [0.3, 0.4) is 0 Å². The summed E-state index contributed by atoms with van der Waals surface area (Å²) in [6.07, 6.45) is 0. The summed E-state index contributed by atoms with van der Waals surface area (Å²) in [6, 6.07) is 17.5. The van der Waals surface area contributed by atoms with Crippen LogP contribution in [-0.4, -0.2) is 4.98 Å². The van der Waals surface area contributed by atoms with E-state index < -0.39 is 0 Å². The third-order valence-electron chi connectivity index (χ3n) is 4.47. The molecule has 0 unspecified atom stereocenters. The number of aromatic nitrogens is 1. The van der Waals surface area contributed by atoms with E-state index in [2.05, 4.69) is 4.98 Å². The molecule has 2 heterocycles. The van der Waals surface area contributed by atoms with Gasteiger partial charge >= 0.3 is 5.63 Å². The molecule has 25 heavy (non-hydrogen) atoms. The van der Waals surface area contributed by atoms with Crippen molar-refractivity contribution < 1.29 is 9.15 Å². The minimum absolute atomic E-state index is 0.307. The second-order valence-electron chi connectivity index (χ2n) is 6.08. The Morgan fingerprint density at radius 3 is 2.72 bits per heavy atom. The number of benzene rings is 2. The molecule has 4 aromatic rings. The van der Waals surface area contributed by atoms with E-state index in [4.69, 9.17) is 9.15 Å². The molecular formula is C21H17NO3. The average Bonchev–Trinajstić information content (AvgIpc) is 2.64. The molecule has 0 aliphatic rings.